The lowest BCUT2D eigenvalue weighted by atomic mass is 10.0. The molecule has 0 aromatic heterocycles. The number of piperidine rings is 1. The van der Waals surface area contributed by atoms with Crippen LogP contribution in [0.15, 0.2) is 42.5 Å². The van der Waals surface area contributed by atoms with Crippen LogP contribution < -0.4 is 20.1 Å². The van der Waals surface area contributed by atoms with Gasteiger partial charge in [-0.15, -0.1) is 0 Å². The van der Waals surface area contributed by atoms with Gasteiger partial charge in [0.2, 0.25) is 17.7 Å². The van der Waals surface area contributed by atoms with E-state index in [1.807, 2.05) is 12.1 Å². The van der Waals surface area contributed by atoms with Crippen LogP contribution in [0.3, 0.4) is 0 Å². The van der Waals surface area contributed by atoms with E-state index in [2.05, 4.69) is 10.6 Å². The molecule has 4 rings (SSSR count). The normalized spacial score (nSPS) is 17.6. The van der Waals surface area contributed by atoms with Crippen LogP contribution in [-0.4, -0.2) is 48.3 Å². The highest BCUT2D eigenvalue weighted by atomic mass is 16.5. The van der Waals surface area contributed by atoms with Gasteiger partial charge in [-0.05, 0) is 30.7 Å². The standard InChI is InChI=1S/C23H23N3O6/c1-31-18-7-2-3-8-19(18)32-12-11-21(28)24-16-6-4-5-14-15(16)13-26(23(14)30)17-9-10-20(27)25-22(17)29/h2-8,17H,9-13H2,1H3,(H,24,28)(H,25,27,29). The van der Waals surface area contributed by atoms with Crippen LogP contribution in [0.4, 0.5) is 5.69 Å². The van der Waals surface area contributed by atoms with Crippen LogP contribution in [0, 0.1) is 0 Å². The molecule has 0 radical (unpaired) electrons. The van der Waals surface area contributed by atoms with Crippen molar-refractivity contribution in [3.05, 3.63) is 53.6 Å². The lowest BCUT2D eigenvalue weighted by Gasteiger charge is -2.29. The van der Waals surface area contributed by atoms with Crippen LogP contribution in [0.1, 0.15) is 35.2 Å². The van der Waals surface area contributed by atoms with Crippen molar-refractivity contribution in [2.45, 2.75) is 31.8 Å². The maximum absolute atomic E-state index is 12.9. The first kappa shape index (κ1) is 21.4. The average Bonchev–Trinajstić information content (AvgIpc) is 3.11. The Labute approximate surface area is 184 Å². The van der Waals surface area contributed by atoms with E-state index in [1.54, 1.807) is 37.4 Å². The molecule has 2 N–H and O–H groups in total. The largest absolute Gasteiger partial charge is 0.493 e. The summed E-state index contributed by atoms with van der Waals surface area (Å²) in [6.45, 7) is 0.344. The van der Waals surface area contributed by atoms with Gasteiger partial charge < -0.3 is 19.7 Å². The van der Waals surface area contributed by atoms with E-state index in [-0.39, 0.29) is 50.1 Å². The Hall–Kier alpha value is -3.88. The molecule has 2 aromatic carbocycles. The summed E-state index contributed by atoms with van der Waals surface area (Å²) in [7, 11) is 1.55. The Morgan fingerprint density at radius 3 is 2.66 bits per heavy atom. The summed E-state index contributed by atoms with van der Waals surface area (Å²) in [5.41, 5.74) is 1.62. The van der Waals surface area contributed by atoms with E-state index in [4.69, 9.17) is 9.47 Å². The summed E-state index contributed by atoms with van der Waals surface area (Å²) in [5, 5.41) is 5.12. The van der Waals surface area contributed by atoms with Gasteiger partial charge in [0.05, 0.1) is 20.1 Å². The molecule has 9 heteroatoms. The number of amides is 4. The molecule has 0 saturated carbocycles. The number of imide groups is 1. The zero-order valence-electron chi connectivity index (χ0n) is 17.6. The molecule has 1 atom stereocenters. The van der Waals surface area contributed by atoms with Crippen LogP contribution in [0.25, 0.3) is 0 Å². The molecule has 0 spiro atoms. The maximum atomic E-state index is 12.9. The quantitative estimate of drug-likeness (QED) is 0.639. The molecule has 2 aliphatic rings. The lowest BCUT2D eigenvalue weighted by Crippen LogP contribution is -2.52. The van der Waals surface area contributed by atoms with Crippen molar-refractivity contribution in [2.75, 3.05) is 19.0 Å². The Balaban J connectivity index is 1.39. The molecular formula is C23H23N3O6. The number of fused-ring (bicyclic) bond motifs is 1. The second kappa shape index (κ2) is 9.09. The van der Waals surface area contributed by atoms with Gasteiger partial charge in [0, 0.05) is 29.8 Å². The number of carbonyl (C=O) groups excluding carboxylic acids is 4. The minimum atomic E-state index is -0.703. The fraction of sp³-hybridized carbons (Fsp3) is 0.304. The predicted molar refractivity (Wildman–Crippen MR) is 114 cm³/mol. The highest BCUT2D eigenvalue weighted by Gasteiger charge is 2.39. The molecule has 32 heavy (non-hydrogen) atoms. The third kappa shape index (κ3) is 4.27. The molecule has 0 bridgehead atoms. The Morgan fingerprint density at radius 1 is 1.12 bits per heavy atom. The highest BCUT2D eigenvalue weighted by Crippen LogP contribution is 2.32. The molecule has 2 heterocycles. The van der Waals surface area contributed by atoms with Crippen molar-refractivity contribution >= 4 is 29.3 Å². The van der Waals surface area contributed by atoms with Gasteiger partial charge in [-0.1, -0.05) is 18.2 Å². The third-order valence-corrected chi connectivity index (χ3v) is 5.51. The number of benzene rings is 2. The van der Waals surface area contributed by atoms with Gasteiger partial charge >= 0.3 is 0 Å². The number of rotatable bonds is 7. The fourth-order valence-corrected chi connectivity index (χ4v) is 3.91. The Bertz CT molecular complexity index is 1080. The van der Waals surface area contributed by atoms with E-state index < -0.39 is 11.9 Å². The predicted octanol–water partition coefficient (Wildman–Crippen LogP) is 1.86. The number of carbonyl (C=O) groups is 4. The zero-order valence-corrected chi connectivity index (χ0v) is 17.6. The second-order valence-corrected chi connectivity index (χ2v) is 7.53. The van der Waals surface area contributed by atoms with Crippen molar-refractivity contribution in [1.82, 2.24) is 10.2 Å². The molecule has 0 aliphatic carbocycles. The topological polar surface area (TPSA) is 114 Å². The summed E-state index contributed by atoms with van der Waals surface area (Å²) >= 11 is 0. The van der Waals surface area contributed by atoms with E-state index >= 15 is 0 Å². The number of hydrogen-bond acceptors (Lipinski definition) is 6. The molecule has 1 saturated heterocycles. The number of para-hydroxylation sites is 2. The first-order chi connectivity index (χ1) is 15.5. The molecule has 2 aromatic rings. The van der Waals surface area contributed by atoms with Gasteiger partial charge in [-0.2, -0.15) is 0 Å². The van der Waals surface area contributed by atoms with E-state index in [0.717, 1.165) is 0 Å². The number of methoxy groups -OCH3 is 1. The molecule has 1 fully saturated rings. The van der Waals surface area contributed by atoms with E-state index in [1.165, 1.54) is 4.90 Å². The number of anilines is 1. The monoisotopic (exact) mass is 437 g/mol. The Kier molecular flexibility index (Phi) is 6.07. The van der Waals surface area contributed by atoms with Crippen molar-refractivity contribution in [3.63, 3.8) is 0 Å². The van der Waals surface area contributed by atoms with Crippen molar-refractivity contribution < 1.29 is 28.7 Å². The minimum Gasteiger partial charge on any atom is -0.493 e. The molecule has 166 valence electrons. The van der Waals surface area contributed by atoms with Gasteiger partial charge in [0.15, 0.2) is 11.5 Å². The molecule has 9 nitrogen and oxygen atoms in total. The highest BCUT2D eigenvalue weighted by molar-refractivity contribution is 6.06. The molecule has 1 unspecified atom stereocenters. The summed E-state index contributed by atoms with van der Waals surface area (Å²) in [6.07, 6.45) is 0.575. The van der Waals surface area contributed by atoms with Gasteiger partial charge in [-0.25, -0.2) is 0 Å². The van der Waals surface area contributed by atoms with Crippen LogP contribution in [0.5, 0.6) is 11.5 Å². The SMILES string of the molecule is COc1ccccc1OCCC(=O)Nc1cccc2c1CN(C1CCC(=O)NC1=O)C2=O. The third-order valence-electron chi connectivity index (χ3n) is 5.51. The summed E-state index contributed by atoms with van der Waals surface area (Å²) < 4.78 is 10.9. The van der Waals surface area contributed by atoms with Crippen molar-refractivity contribution in [3.8, 4) is 11.5 Å². The number of nitrogens with zero attached hydrogens (tertiary/aromatic N) is 1. The zero-order chi connectivity index (χ0) is 22.7. The number of hydrogen-bond donors (Lipinski definition) is 2. The van der Waals surface area contributed by atoms with Gasteiger partial charge in [-0.3, -0.25) is 24.5 Å². The van der Waals surface area contributed by atoms with Gasteiger partial charge in [0.1, 0.15) is 6.04 Å². The maximum Gasteiger partial charge on any atom is 0.255 e. The smallest absolute Gasteiger partial charge is 0.255 e. The number of nitrogens with one attached hydrogen (secondary N) is 2. The first-order valence-electron chi connectivity index (χ1n) is 10.3. The average molecular weight is 437 g/mol. The van der Waals surface area contributed by atoms with Crippen LogP contribution in [0.2, 0.25) is 0 Å². The van der Waals surface area contributed by atoms with E-state index in [0.29, 0.717) is 28.3 Å². The fourth-order valence-electron chi connectivity index (χ4n) is 3.91. The van der Waals surface area contributed by atoms with Crippen molar-refractivity contribution in [1.29, 1.82) is 0 Å². The summed E-state index contributed by atoms with van der Waals surface area (Å²) in [4.78, 5) is 50.4. The van der Waals surface area contributed by atoms with Crippen LogP contribution in [-0.2, 0) is 20.9 Å². The summed E-state index contributed by atoms with van der Waals surface area (Å²) in [5.74, 6) is -0.222. The molecular weight excluding hydrogens is 414 g/mol. The summed E-state index contributed by atoms with van der Waals surface area (Å²) in [6, 6.07) is 11.5. The molecule has 4 amide bonds. The number of ether oxygens (including phenoxy) is 2. The van der Waals surface area contributed by atoms with Crippen molar-refractivity contribution in [2.24, 2.45) is 0 Å². The Morgan fingerprint density at radius 2 is 1.91 bits per heavy atom. The van der Waals surface area contributed by atoms with Gasteiger partial charge in [0.25, 0.3) is 5.91 Å². The second-order valence-electron chi connectivity index (χ2n) is 7.53. The first-order valence-corrected chi connectivity index (χ1v) is 10.3. The van der Waals surface area contributed by atoms with Crippen LogP contribution >= 0.6 is 0 Å². The van der Waals surface area contributed by atoms with E-state index in [9.17, 15) is 19.2 Å². The minimum absolute atomic E-state index is 0.104. The lowest BCUT2D eigenvalue weighted by molar-refractivity contribution is -0.137. The molecule has 2 aliphatic heterocycles.